The topological polar surface area (TPSA) is 90.9 Å². The minimum atomic E-state index is -0.457. The summed E-state index contributed by atoms with van der Waals surface area (Å²) < 4.78 is 0. The number of aliphatic hydroxyl groups is 1. The third-order valence-corrected chi connectivity index (χ3v) is 3.48. The first-order valence-corrected chi connectivity index (χ1v) is 6.55. The van der Waals surface area contributed by atoms with E-state index < -0.39 is 6.10 Å². The van der Waals surface area contributed by atoms with Gasteiger partial charge in [-0.25, -0.2) is 0 Å². The highest BCUT2D eigenvalue weighted by Crippen LogP contribution is 2.18. The van der Waals surface area contributed by atoms with Crippen molar-refractivity contribution >= 4 is 5.91 Å². The number of aryl methyl sites for hydroxylation is 1. The van der Waals surface area contributed by atoms with Crippen molar-refractivity contribution in [1.29, 1.82) is 0 Å². The summed E-state index contributed by atoms with van der Waals surface area (Å²) in [6.07, 6.45) is 5.52. The van der Waals surface area contributed by atoms with Crippen LogP contribution in [0, 0.1) is 6.92 Å². The summed E-state index contributed by atoms with van der Waals surface area (Å²) in [6.45, 7) is 1.73. The fourth-order valence-corrected chi connectivity index (χ4v) is 2.37. The normalized spacial score (nSPS) is 25.2. The van der Waals surface area contributed by atoms with Crippen molar-refractivity contribution in [3.05, 3.63) is 11.4 Å². The van der Waals surface area contributed by atoms with Crippen molar-refractivity contribution in [2.75, 3.05) is 0 Å². The van der Waals surface area contributed by atoms with Gasteiger partial charge in [0.1, 0.15) is 0 Å². The summed E-state index contributed by atoms with van der Waals surface area (Å²) >= 11 is 0. The first-order chi connectivity index (χ1) is 8.68. The van der Waals surface area contributed by atoms with Crippen molar-refractivity contribution in [3.63, 3.8) is 0 Å². The van der Waals surface area contributed by atoms with Crippen LogP contribution >= 0.6 is 0 Å². The van der Waals surface area contributed by atoms with Crippen molar-refractivity contribution < 1.29 is 9.90 Å². The molecule has 2 atom stereocenters. The Bertz CT molecular complexity index is 405. The van der Waals surface area contributed by atoms with Crippen LogP contribution in [-0.2, 0) is 0 Å². The van der Waals surface area contributed by atoms with Gasteiger partial charge in [0, 0.05) is 0 Å². The van der Waals surface area contributed by atoms with Gasteiger partial charge >= 0.3 is 0 Å². The van der Waals surface area contributed by atoms with Crippen LogP contribution in [0.15, 0.2) is 0 Å². The summed E-state index contributed by atoms with van der Waals surface area (Å²) in [5, 5.41) is 23.0. The predicted octanol–water partition coefficient (Wildman–Crippen LogP) is 0.927. The first kappa shape index (κ1) is 13.0. The SMILES string of the molecule is Cc1n[nH]nc1C(=O)N[C@H]1CCCCCC[C@@H]1O. The van der Waals surface area contributed by atoms with Crippen LogP contribution < -0.4 is 5.32 Å². The lowest BCUT2D eigenvalue weighted by molar-refractivity contribution is 0.0766. The Morgan fingerprint density at radius 1 is 1.28 bits per heavy atom. The van der Waals surface area contributed by atoms with Crippen molar-refractivity contribution in [1.82, 2.24) is 20.7 Å². The number of hydrogen-bond donors (Lipinski definition) is 3. The molecular formula is C12H20N4O2. The molecule has 3 N–H and O–H groups in total. The van der Waals surface area contributed by atoms with Gasteiger partial charge in [-0.2, -0.15) is 15.4 Å². The van der Waals surface area contributed by atoms with Crippen LogP contribution in [0.2, 0.25) is 0 Å². The minimum absolute atomic E-state index is 0.172. The lowest BCUT2D eigenvalue weighted by Crippen LogP contribution is -2.44. The van der Waals surface area contributed by atoms with E-state index in [0.717, 1.165) is 25.7 Å². The molecule has 18 heavy (non-hydrogen) atoms. The highest BCUT2D eigenvalue weighted by molar-refractivity contribution is 5.93. The van der Waals surface area contributed by atoms with Crippen LogP contribution in [0.25, 0.3) is 0 Å². The maximum absolute atomic E-state index is 12.0. The van der Waals surface area contributed by atoms with Gasteiger partial charge in [-0.3, -0.25) is 4.79 Å². The molecule has 100 valence electrons. The Labute approximate surface area is 106 Å². The van der Waals surface area contributed by atoms with Crippen molar-refractivity contribution in [3.8, 4) is 0 Å². The molecule has 0 unspecified atom stereocenters. The third kappa shape index (κ3) is 3.07. The molecule has 1 aliphatic rings. The highest BCUT2D eigenvalue weighted by atomic mass is 16.3. The third-order valence-electron chi connectivity index (χ3n) is 3.48. The number of amides is 1. The van der Waals surface area contributed by atoms with Gasteiger partial charge in [-0.1, -0.05) is 25.7 Å². The second-order valence-corrected chi connectivity index (χ2v) is 4.90. The molecular weight excluding hydrogens is 232 g/mol. The van der Waals surface area contributed by atoms with E-state index >= 15 is 0 Å². The Morgan fingerprint density at radius 2 is 2.00 bits per heavy atom. The summed E-state index contributed by atoms with van der Waals surface area (Å²) in [5.74, 6) is -0.258. The van der Waals surface area contributed by atoms with E-state index in [4.69, 9.17) is 0 Å². The van der Waals surface area contributed by atoms with Crippen LogP contribution in [0.1, 0.15) is 54.7 Å². The molecule has 1 heterocycles. The zero-order valence-electron chi connectivity index (χ0n) is 10.6. The molecule has 0 aliphatic heterocycles. The fraction of sp³-hybridized carbons (Fsp3) is 0.750. The number of rotatable bonds is 2. The quantitative estimate of drug-likeness (QED) is 0.730. The molecule has 6 nitrogen and oxygen atoms in total. The van der Waals surface area contributed by atoms with Crippen LogP contribution in [-0.4, -0.2) is 38.6 Å². The molecule has 1 saturated carbocycles. The van der Waals surface area contributed by atoms with Crippen LogP contribution in [0.4, 0.5) is 0 Å². The molecule has 1 aliphatic carbocycles. The lowest BCUT2D eigenvalue weighted by Gasteiger charge is -2.26. The molecule has 1 amide bonds. The van der Waals surface area contributed by atoms with Gasteiger partial charge in [0.15, 0.2) is 5.69 Å². The average molecular weight is 252 g/mol. The van der Waals surface area contributed by atoms with Gasteiger partial charge < -0.3 is 10.4 Å². The van der Waals surface area contributed by atoms with Crippen LogP contribution in [0.3, 0.4) is 0 Å². The maximum Gasteiger partial charge on any atom is 0.274 e. The molecule has 1 aromatic rings. The van der Waals surface area contributed by atoms with Gasteiger partial charge in [0.2, 0.25) is 0 Å². The zero-order valence-corrected chi connectivity index (χ0v) is 10.6. The zero-order chi connectivity index (χ0) is 13.0. The molecule has 0 bridgehead atoms. The average Bonchev–Trinajstić information content (AvgIpc) is 2.75. The van der Waals surface area contributed by atoms with E-state index in [1.807, 2.05) is 0 Å². The van der Waals surface area contributed by atoms with Gasteiger partial charge in [0.05, 0.1) is 17.8 Å². The number of nitrogens with zero attached hydrogens (tertiary/aromatic N) is 2. The Kier molecular flexibility index (Phi) is 4.30. The van der Waals surface area contributed by atoms with Crippen molar-refractivity contribution in [2.24, 2.45) is 0 Å². The first-order valence-electron chi connectivity index (χ1n) is 6.55. The van der Waals surface area contributed by atoms with Gasteiger partial charge in [-0.15, -0.1) is 0 Å². The molecule has 0 aromatic carbocycles. The van der Waals surface area contributed by atoms with E-state index in [9.17, 15) is 9.90 Å². The smallest absolute Gasteiger partial charge is 0.274 e. The second-order valence-electron chi connectivity index (χ2n) is 4.90. The molecule has 2 rings (SSSR count). The summed E-state index contributed by atoms with van der Waals surface area (Å²) in [7, 11) is 0. The van der Waals surface area contributed by atoms with Crippen LogP contribution in [0.5, 0.6) is 0 Å². The minimum Gasteiger partial charge on any atom is -0.391 e. The van der Waals surface area contributed by atoms with E-state index in [2.05, 4.69) is 20.7 Å². The van der Waals surface area contributed by atoms with Gasteiger partial charge in [-0.05, 0) is 19.8 Å². The molecule has 1 aromatic heterocycles. The second kappa shape index (κ2) is 5.95. The molecule has 1 fully saturated rings. The lowest BCUT2D eigenvalue weighted by atomic mass is 9.94. The standard InChI is InChI=1S/C12H20N4O2/c1-8-11(15-16-14-8)12(18)13-9-6-4-2-3-5-7-10(9)17/h9-10,17H,2-7H2,1H3,(H,13,18)(H,14,15,16)/t9-,10-/m0/s1. The summed E-state index contributed by atoms with van der Waals surface area (Å²) in [4.78, 5) is 12.0. The Balaban J connectivity index is 1.98. The molecule has 0 spiro atoms. The summed E-state index contributed by atoms with van der Waals surface area (Å²) in [6, 6.07) is -0.172. The number of aromatic nitrogens is 3. The Hall–Kier alpha value is -1.43. The number of aromatic amines is 1. The molecule has 0 radical (unpaired) electrons. The summed E-state index contributed by atoms with van der Waals surface area (Å²) in [5.41, 5.74) is 0.886. The number of H-pyrrole nitrogens is 1. The predicted molar refractivity (Wildman–Crippen MR) is 66.1 cm³/mol. The maximum atomic E-state index is 12.0. The Morgan fingerprint density at radius 3 is 2.67 bits per heavy atom. The van der Waals surface area contributed by atoms with Gasteiger partial charge in [0.25, 0.3) is 5.91 Å². The fourth-order valence-electron chi connectivity index (χ4n) is 2.37. The number of nitrogens with one attached hydrogen (secondary N) is 2. The molecule has 0 saturated heterocycles. The number of hydrogen-bond acceptors (Lipinski definition) is 4. The monoisotopic (exact) mass is 252 g/mol. The highest BCUT2D eigenvalue weighted by Gasteiger charge is 2.24. The van der Waals surface area contributed by atoms with E-state index in [1.54, 1.807) is 6.92 Å². The number of carbonyl (C=O) groups excluding carboxylic acids is 1. The molecule has 6 heteroatoms. The van der Waals surface area contributed by atoms with E-state index in [1.165, 1.54) is 12.8 Å². The van der Waals surface area contributed by atoms with E-state index in [-0.39, 0.29) is 11.9 Å². The number of carbonyl (C=O) groups is 1. The number of aliphatic hydroxyl groups excluding tert-OH is 1. The van der Waals surface area contributed by atoms with E-state index in [0.29, 0.717) is 11.4 Å². The van der Waals surface area contributed by atoms with Crippen molar-refractivity contribution in [2.45, 2.75) is 57.6 Å². The largest absolute Gasteiger partial charge is 0.391 e.